The summed E-state index contributed by atoms with van der Waals surface area (Å²) in [6.07, 6.45) is -9.09. The van der Waals surface area contributed by atoms with Crippen molar-refractivity contribution in [3.63, 3.8) is 0 Å². The zero-order chi connectivity index (χ0) is 24.3. The van der Waals surface area contributed by atoms with E-state index in [9.17, 15) is 43.9 Å². The summed E-state index contributed by atoms with van der Waals surface area (Å²) in [5.41, 5.74) is 1.84. The van der Waals surface area contributed by atoms with Crippen LogP contribution in [0.5, 0.6) is 0 Å². The molecule has 0 spiro atoms. The summed E-state index contributed by atoms with van der Waals surface area (Å²) in [4.78, 5) is 10.7. The van der Waals surface area contributed by atoms with Crippen molar-refractivity contribution in [1.29, 1.82) is 0 Å². The van der Waals surface area contributed by atoms with Gasteiger partial charge in [0.05, 0.1) is 24.1 Å². The number of anilines is 1. The van der Waals surface area contributed by atoms with Crippen molar-refractivity contribution < 1.29 is 43.9 Å². The molecule has 2 rings (SSSR count). The maximum Gasteiger partial charge on any atom is 0.472 e. The third-order valence-electron chi connectivity index (χ3n) is 4.05. The Kier molecular flexibility index (Phi) is 7.40. The van der Waals surface area contributed by atoms with Gasteiger partial charge in [0.1, 0.15) is 5.82 Å². The van der Waals surface area contributed by atoms with Gasteiger partial charge in [0.2, 0.25) is 10.0 Å². The van der Waals surface area contributed by atoms with E-state index in [1.165, 1.54) is 11.5 Å². The van der Waals surface area contributed by atoms with E-state index in [1.54, 1.807) is 0 Å². The monoisotopic (exact) mass is 487 g/mol. The van der Waals surface area contributed by atoms with Crippen LogP contribution in [-0.4, -0.2) is 26.8 Å². The van der Waals surface area contributed by atoms with Crippen LogP contribution in [0, 0.1) is 5.82 Å². The first-order chi connectivity index (χ1) is 14.6. The molecule has 0 aliphatic carbocycles. The fraction of sp³-hybridized carbons (Fsp3) is 0.278. The number of hydrazine groups is 1. The van der Waals surface area contributed by atoms with Gasteiger partial charge in [-0.25, -0.2) is 18.2 Å². The minimum atomic E-state index is -5.11. The Morgan fingerprint density at radius 1 is 1.03 bits per heavy atom. The Morgan fingerprint density at radius 2 is 1.69 bits per heavy atom. The molecule has 0 bridgehead atoms. The molecule has 0 saturated heterocycles. The third kappa shape index (κ3) is 6.82. The van der Waals surface area contributed by atoms with Crippen LogP contribution in [0.2, 0.25) is 0 Å². The molecule has 0 unspecified atom stereocenters. The third-order valence-corrected chi connectivity index (χ3v) is 5.19. The van der Waals surface area contributed by atoms with Gasteiger partial charge in [-0.15, -0.1) is 0 Å². The summed E-state index contributed by atoms with van der Waals surface area (Å²) in [5, 5.41) is 0. The first-order valence-electron chi connectivity index (χ1n) is 8.61. The molecule has 0 aliphatic rings. The zero-order valence-corrected chi connectivity index (χ0v) is 17.0. The average molecular weight is 487 g/mol. The van der Waals surface area contributed by atoms with Gasteiger partial charge in [0.15, 0.2) is 0 Å². The lowest BCUT2D eigenvalue weighted by molar-refractivity contribution is -0.174. The second-order valence-corrected chi connectivity index (χ2v) is 8.46. The number of nitrogens with one attached hydrogen (secondary N) is 2. The first-order valence-corrected chi connectivity index (χ1v) is 10.5. The van der Waals surface area contributed by atoms with E-state index in [0.717, 1.165) is 36.6 Å². The Labute approximate surface area is 178 Å². The van der Waals surface area contributed by atoms with Crippen molar-refractivity contribution in [3.05, 3.63) is 65.0 Å². The lowest BCUT2D eigenvalue weighted by Crippen LogP contribution is -2.44. The molecule has 0 radical (unpaired) electrons. The SMILES string of the molecule is CS(=O)(=O)N(Cc1ccc(CNNC(=O)C(F)(F)F)cc1F)c1cccc(C(F)(F)F)c1. The van der Waals surface area contributed by atoms with Crippen molar-refractivity contribution in [1.82, 2.24) is 10.9 Å². The summed E-state index contributed by atoms with van der Waals surface area (Å²) in [6, 6.07) is 6.76. The second kappa shape index (κ2) is 9.32. The molecule has 6 nitrogen and oxygen atoms in total. The van der Waals surface area contributed by atoms with Crippen LogP contribution in [0.4, 0.5) is 36.4 Å². The van der Waals surface area contributed by atoms with Crippen LogP contribution >= 0.6 is 0 Å². The maximum absolute atomic E-state index is 14.5. The number of sulfonamides is 1. The highest BCUT2D eigenvalue weighted by molar-refractivity contribution is 7.92. The average Bonchev–Trinajstić information content (AvgIpc) is 2.65. The molecule has 2 aromatic carbocycles. The Hall–Kier alpha value is -2.87. The van der Waals surface area contributed by atoms with Gasteiger partial charge >= 0.3 is 18.3 Å². The number of carbonyl (C=O) groups excluding carboxylic acids is 1. The number of hydrogen-bond donors (Lipinski definition) is 2. The maximum atomic E-state index is 14.5. The van der Waals surface area contributed by atoms with Crippen LogP contribution in [-0.2, 0) is 34.1 Å². The highest BCUT2D eigenvalue weighted by atomic mass is 32.2. The smallest absolute Gasteiger partial charge is 0.283 e. The van der Waals surface area contributed by atoms with E-state index >= 15 is 0 Å². The Balaban J connectivity index is 2.21. The summed E-state index contributed by atoms with van der Waals surface area (Å²) in [7, 11) is -4.11. The molecule has 0 aromatic heterocycles. The van der Waals surface area contributed by atoms with E-state index in [2.05, 4.69) is 0 Å². The van der Waals surface area contributed by atoms with E-state index in [0.29, 0.717) is 10.4 Å². The van der Waals surface area contributed by atoms with E-state index < -0.39 is 46.2 Å². The van der Waals surface area contributed by atoms with Crippen LogP contribution in [0.1, 0.15) is 16.7 Å². The predicted molar refractivity (Wildman–Crippen MR) is 99.9 cm³/mol. The predicted octanol–water partition coefficient (Wildman–Crippen LogP) is 3.49. The molecule has 0 heterocycles. The molecule has 1 amide bonds. The zero-order valence-electron chi connectivity index (χ0n) is 16.2. The number of hydrogen-bond acceptors (Lipinski definition) is 4. The number of carbonyl (C=O) groups is 1. The number of rotatable bonds is 7. The molecular formula is C18H16F7N3O3S. The van der Waals surface area contributed by atoms with Crippen molar-refractivity contribution >= 4 is 21.6 Å². The minimum absolute atomic E-state index is 0.110. The second-order valence-electron chi connectivity index (χ2n) is 6.55. The van der Waals surface area contributed by atoms with Crippen LogP contribution in [0.25, 0.3) is 0 Å². The van der Waals surface area contributed by atoms with Crippen LogP contribution < -0.4 is 15.2 Å². The van der Waals surface area contributed by atoms with Gasteiger partial charge in [-0.3, -0.25) is 14.5 Å². The van der Waals surface area contributed by atoms with Gasteiger partial charge in [-0.1, -0.05) is 18.2 Å². The number of alkyl halides is 6. The summed E-state index contributed by atoms with van der Waals surface area (Å²) < 4.78 is 115. The topological polar surface area (TPSA) is 78.5 Å². The van der Waals surface area contributed by atoms with E-state index in [-0.39, 0.29) is 23.4 Å². The lowest BCUT2D eigenvalue weighted by Gasteiger charge is -2.24. The number of benzene rings is 2. The van der Waals surface area contributed by atoms with Crippen molar-refractivity contribution in [2.45, 2.75) is 25.4 Å². The van der Waals surface area contributed by atoms with Gasteiger partial charge in [0, 0.05) is 12.1 Å². The van der Waals surface area contributed by atoms with Gasteiger partial charge in [-0.2, -0.15) is 26.3 Å². The van der Waals surface area contributed by atoms with E-state index in [4.69, 9.17) is 0 Å². The van der Waals surface area contributed by atoms with Gasteiger partial charge in [0.25, 0.3) is 0 Å². The molecule has 176 valence electrons. The van der Waals surface area contributed by atoms with Crippen LogP contribution in [0.15, 0.2) is 42.5 Å². The molecular weight excluding hydrogens is 471 g/mol. The Morgan fingerprint density at radius 3 is 2.22 bits per heavy atom. The Bertz CT molecular complexity index is 1090. The molecule has 0 aliphatic heterocycles. The number of halogens is 7. The molecule has 32 heavy (non-hydrogen) atoms. The summed E-state index contributed by atoms with van der Waals surface area (Å²) >= 11 is 0. The summed E-state index contributed by atoms with van der Waals surface area (Å²) in [6.45, 7) is -1.02. The molecule has 0 fully saturated rings. The van der Waals surface area contributed by atoms with Gasteiger partial charge in [-0.05, 0) is 29.8 Å². The fourth-order valence-corrected chi connectivity index (χ4v) is 3.39. The fourth-order valence-electron chi connectivity index (χ4n) is 2.52. The largest absolute Gasteiger partial charge is 0.472 e. The van der Waals surface area contributed by atoms with Crippen molar-refractivity contribution in [2.24, 2.45) is 0 Å². The van der Waals surface area contributed by atoms with E-state index in [1.807, 2.05) is 5.43 Å². The van der Waals surface area contributed by atoms with Crippen LogP contribution in [0.3, 0.4) is 0 Å². The van der Waals surface area contributed by atoms with Crippen molar-refractivity contribution in [2.75, 3.05) is 10.6 Å². The normalized spacial score (nSPS) is 12.5. The highest BCUT2D eigenvalue weighted by Gasteiger charge is 2.38. The molecule has 0 saturated carbocycles. The lowest BCUT2D eigenvalue weighted by atomic mass is 10.1. The molecule has 2 aromatic rings. The quantitative estimate of drug-likeness (QED) is 0.463. The molecule has 14 heteroatoms. The highest BCUT2D eigenvalue weighted by Crippen LogP contribution is 2.32. The minimum Gasteiger partial charge on any atom is -0.283 e. The van der Waals surface area contributed by atoms with Gasteiger partial charge < -0.3 is 0 Å². The number of amides is 1. The first kappa shape index (κ1) is 25.4. The number of nitrogens with zero attached hydrogens (tertiary/aromatic N) is 1. The summed E-state index contributed by atoms with van der Waals surface area (Å²) in [5.74, 6) is -3.20. The van der Waals surface area contributed by atoms with Crippen molar-refractivity contribution in [3.8, 4) is 0 Å². The molecule has 0 atom stereocenters. The molecule has 2 N–H and O–H groups in total. The standard InChI is InChI=1S/C18H16F7N3O3S/c1-32(30,31)28(14-4-2-3-13(8-14)17(20,21)22)10-12-6-5-11(7-15(12)19)9-26-27-16(29)18(23,24)25/h2-8,26H,9-10H2,1H3,(H,27,29).